The van der Waals surface area contributed by atoms with Gasteiger partial charge in [-0.05, 0) is 30.3 Å². The van der Waals surface area contributed by atoms with Crippen LogP contribution in [-0.2, 0) is 10.0 Å². The van der Waals surface area contributed by atoms with Gasteiger partial charge in [0.15, 0.2) is 0 Å². The lowest BCUT2D eigenvalue weighted by atomic mass is 10.3. The van der Waals surface area contributed by atoms with Gasteiger partial charge >= 0.3 is 12.5 Å². The number of anilines is 1. The maximum absolute atomic E-state index is 12.9. The number of alkyl halides is 4. The van der Waals surface area contributed by atoms with Crippen LogP contribution >= 0.6 is 23.2 Å². The van der Waals surface area contributed by atoms with E-state index in [0.717, 1.165) is 24.3 Å². The molecule has 1 N–H and O–H groups in total. The largest absolute Gasteiger partial charge is 0.461 e. The molecule has 2 aromatic rings. The van der Waals surface area contributed by atoms with Crippen LogP contribution in [0.4, 0.5) is 23.2 Å². The third kappa shape index (κ3) is 4.90. The van der Waals surface area contributed by atoms with Crippen molar-refractivity contribution in [1.29, 1.82) is 0 Å². The van der Waals surface area contributed by atoms with Gasteiger partial charge in [0, 0.05) is 11.1 Å². The number of hydrogen-bond donors (Lipinski definition) is 1. The van der Waals surface area contributed by atoms with Gasteiger partial charge in [0.1, 0.15) is 10.6 Å². The summed E-state index contributed by atoms with van der Waals surface area (Å²) in [5.74, 6) is -0.650. The van der Waals surface area contributed by atoms with Gasteiger partial charge in [-0.15, -0.1) is 0 Å². The quantitative estimate of drug-likeness (QED) is 0.670. The lowest BCUT2D eigenvalue weighted by Gasteiger charge is -2.17. The first-order valence-electron chi connectivity index (χ1n) is 6.44. The first-order chi connectivity index (χ1) is 11.5. The average Bonchev–Trinajstić information content (AvgIpc) is 2.49. The van der Waals surface area contributed by atoms with Crippen LogP contribution in [0.2, 0.25) is 10.0 Å². The van der Waals surface area contributed by atoms with Gasteiger partial charge in [-0.2, -0.15) is 17.6 Å². The maximum Gasteiger partial charge on any atom is 0.461 e. The zero-order chi connectivity index (χ0) is 18.8. The molecular formula is C14H9Cl2F4NO3S. The number of nitrogens with one attached hydrogen (secondary N) is 1. The van der Waals surface area contributed by atoms with Crippen molar-refractivity contribution in [3.05, 3.63) is 52.5 Å². The van der Waals surface area contributed by atoms with Crippen LogP contribution in [0.3, 0.4) is 0 Å². The molecule has 11 heteroatoms. The first kappa shape index (κ1) is 19.6. The van der Waals surface area contributed by atoms with Crippen LogP contribution in [-0.4, -0.2) is 21.0 Å². The van der Waals surface area contributed by atoms with Gasteiger partial charge < -0.3 is 4.74 Å². The minimum absolute atomic E-state index is 0.110. The second kappa shape index (κ2) is 7.27. The van der Waals surface area contributed by atoms with Crippen molar-refractivity contribution < 1.29 is 30.7 Å². The normalized spacial score (nSPS) is 12.3. The predicted octanol–water partition coefficient (Wildman–Crippen LogP) is 5.03. The number of halogens is 6. The van der Waals surface area contributed by atoms with Crippen LogP contribution in [0.5, 0.6) is 5.75 Å². The molecule has 0 aliphatic heterocycles. The minimum atomic E-state index is -4.71. The summed E-state index contributed by atoms with van der Waals surface area (Å²) in [6, 6.07) is 7.90. The van der Waals surface area contributed by atoms with E-state index in [-0.39, 0.29) is 20.6 Å². The molecular weight excluding hydrogens is 409 g/mol. The average molecular weight is 418 g/mol. The van der Waals surface area contributed by atoms with Crippen molar-refractivity contribution >= 4 is 38.9 Å². The van der Waals surface area contributed by atoms with Crippen molar-refractivity contribution in [2.45, 2.75) is 17.4 Å². The molecule has 0 heterocycles. The molecule has 0 aromatic heterocycles. The van der Waals surface area contributed by atoms with E-state index in [4.69, 9.17) is 23.2 Å². The second-order valence-corrected chi connectivity index (χ2v) is 7.17. The Hall–Kier alpha value is -1.71. The van der Waals surface area contributed by atoms with Crippen LogP contribution < -0.4 is 9.46 Å². The summed E-state index contributed by atoms with van der Waals surface area (Å²) in [5, 5.41) is -0.00743. The molecule has 25 heavy (non-hydrogen) atoms. The van der Waals surface area contributed by atoms with Crippen LogP contribution in [0.25, 0.3) is 0 Å². The van der Waals surface area contributed by atoms with Gasteiger partial charge in [0.2, 0.25) is 0 Å². The van der Waals surface area contributed by atoms with Gasteiger partial charge in [-0.3, -0.25) is 4.72 Å². The molecule has 4 nitrogen and oxygen atoms in total. The molecule has 0 atom stereocenters. The van der Waals surface area contributed by atoms with Gasteiger partial charge in [-0.1, -0.05) is 29.3 Å². The Balaban J connectivity index is 2.28. The number of hydrogen-bond acceptors (Lipinski definition) is 3. The van der Waals surface area contributed by atoms with Gasteiger partial charge in [0.25, 0.3) is 10.0 Å². The van der Waals surface area contributed by atoms with Crippen molar-refractivity contribution in [3.63, 3.8) is 0 Å². The highest BCUT2D eigenvalue weighted by atomic mass is 35.5. The molecule has 0 fully saturated rings. The molecule has 0 saturated carbocycles. The zero-order valence-electron chi connectivity index (χ0n) is 12.0. The highest BCUT2D eigenvalue weighted by molar-refractivity contribution is 7.92. The summed E-state index contributed by atoms with van der Waals surface area (Å²) in [4.78, 5) is -0.342. The maximum atomic E-state index is 12.9. The Morgan fingerprint density at radius 3 is 2.40 bits per heavy atom. The summed E-state index contributed by atoms with van der Waals surface area (Å²) >= 11 is 11.5. The Bertz CT molecular complexity index is 878. The lowest BCUT2D eigenvalue weighted by molar-refractivity contribution is -0.253. The Morgan fingerprint density at radius 2 is 1.76 bits per heavy atom. The fraction of sp³-hybridized carbons (Fsp3) is 0.143. The van der Waals surface area contributed by atoms with Crippen LogP contribution in [0.1, 0.15) is 0 Å². The van der Waals surface area contributed by atoms with E-state index >= 15 is 0 Å². The Morgan fingerprint density at radius 1 is 1.08 bits per heavy atom. The SMILES string of the molecule is O=S(=O)(Nc1cccc(OC(F)(F)C(F)F)c1)c1cc(Cl)ccc1Cl. The standard InChI is InChI=1S/C14H9Cl2F4NO3S/c15-8-4-5-11(16)12(6-8)25(22,23)21-9-2-1-3-10(7-9)24-14(19,20)13(17)18/h1-7,13,21H. The molecule has 0 bridgehead atoms. The third-order valence-corrected chi connectivity index (χ3v) is 4.87. The Kier molecular flexibility index (Phi) is 5.70. The van der Waals surface area contributed by atoms with E-state index in [9.17, 15) is 26.0 Å². The van der Waals surface area contributed by atoms with Crippen LogP contribution in [0.15, 0.2) is 47.4 Å². The van der Waals surface area contributed by atoms with E-state index in [1.165, 1.54) is 18.2 Å². The van der Waals surface area contributed by atoms with E-state index in [1.807, 2.05) is 0 Å². The zero-order valence-corrected chi connectivity index (χ0v) is 14.3. The van der Waals surface area contributed by atoms with Crippen molar-refractivity contribution in [3.8, 4) is 5.75 Å². The fourth-order valence-electron chi connectivity index (χ4n) is 1.72. The molecule has 0 saturated heterocycles. The molecule has 2 aromatic carbocycles. The summed E-state index contributed by atoms with van der Waals surface area (Å²) in [5.41, 5.74) is -0.196. The second-order valence-electron chi connectivity index (χ2n) is 4.67. The number of rotatable bonds is 6. The number of sulfonamides is 1. The van der Waals surface area contributed by atoms with E-state index in [2.05, 4.69) is 9.46 Å². The number of benzene rings is 2. The number of ether oxygens (including phenoxy) is 1. The molecule has 0 unspecified atom stereocenters. The predicted molar refractivity (Wildman–Crippen MR) is 85.3 cm³/mol. The summed E-state index contributed by atoms with van der Waals surface area (Å²) < 4.78 is 80.8. The van der Waals surface area contributed by atoms with E-state index in [0.29, 0.717) is 0 Å². The van der Waals surface area contributed by atoms with Crippen molar-refractivity contribution in [2.75, 3.05) is 4.72 Å². The molecule has 2 rings (SSSR count). The Labute approximate surface area is 150 Å². The fourth-order valence-corrected chi connectivity index (χ4v) is 3.53. The minimum Gasteiger partial charge on any atom is -0.428 e. The smallest absolute Gasteiger partial charge is 0.428 e. The summed E-state index contributed by atoms with van der Waals surface area (Å²) in [6.07, 6.45) is -8.76. The molecule has 0 amide bonds. The molecule has 0 spiro atoms. The van der Waals surface area contributed by atoms with E-state index < -0.39 is 28.3 Å². The van der Waals surface area contributed by atoms with E-state index in [1.54, 1.807) is 0 Å². The highest BCUT2D eigenvalue weighted by Gasteiger charge is 2.44. The topological polar surface area (TPSA) is 55.4 Å². The molecule has 136 valence electrons. The summed E-state index contributed by atoms with van der Waals surface area (Å²) in [6.45, 7) is 0. The van der Waals surface area contributed by atoms with Gasteiger partial charge in [0.05, 0.1) is 10.7 Å². The van der Waals surface area contributed by atoms with Gasteiger partial charge in [-0.25, -0.2) is 8.42 Å². The monoisotopic (exact) mass is 417 g/mol. The van der Waals surface area contributed by atoms with Crippen molar-refractivity contribution in [1.82, 2.24) is 0 Å². The molecule has 0 radical (unpaired) electrons. The van der Waals surface area contributed by atoms with Crippen molar-refractivity contribution in [2.24, 2.45) is 0 Å². The summed E-state index contributed by atoms with van der Waals surface area (Å²) in [7, 11) is -4.20. The molecule has 0 aliphatic carbocycles. The third-order valence-electron chi connectivity index (χ3n) is 2.78. The van der Waals surface area contributed by atoms with Crippen LogP contribution in [0, 0.1) is 0 Å². The first-order valence-corrected chi connectivity index (χ1v) is 8.68. The highest BCUT2D eigenvalue weighted by Crippen LogP contribution is 2.31. The lowest BCUT2D eigenvalue weighted by Crippen LogP contribution is -2.33. The molecule has 0 aliphatic rings.